The topological polar surface area (TPSA) is 93.5 Å². The number of ether oxygens (including phenoxy) is 2. The predicted molar refractivity (Wildman–Crippen MR) is 150 cm³/mol. The minimum absolute atomic E-state index is 0.194. The fraction of sp³-hybridized carbons (Fsp3) is 0.258. The highest BCUT2D eigenvalue weighted by atomic mass is 32.2. The molecule has 0 spiro atoms. The van der Waals surface area contributed by atoms with Crippen molar-refractivity contribution >= 4 is 23.1 Å². The van der Waals surface area contributed by atoms with Crippen LogP contribution in [0.5, 0.6) is 0 Å². The maximum Gasteiger partial charge on any atom is 0.362 e. The number of carbonyl (C=O) groups excluding carboxylic acids is 2. The van der Waals surface area contributed by atoms with Gasteiger partial charge in [-0.15, -0.1) is 0 Å². The molecule has 0 aliphatic rings. The first kappa shape index (κ1) is 28.1. The molecule has 0 bridgehead atoms. The van der Waals surface area contributed by atoms with Gasteiger partial charge in [0.1, 0.15) is 5.82 Å². The van der Waals surface area contributed by atoms with Gasteiger partial charge < -0.3 is 18.6 Å². The highest BCUT2D eigenvalue weighted by Crippen LogP contribution is 2.29. The van der Waals surface area contributed by atoms with Crippen LogP contribution in [0.2, 0.25) is 0 Å². The fourth-order valence-electron chi connectivity index (χ4n) is 4.35. The Morgan fingerprint density at radius 2 is 1.62 bits per heavy atom. The smallest absolute Gasteiger partial charge is 0.362 e. The Bertz CT molecular complexity index is 1420. The van der Waals surface area contributed by atoms with Crippen molar-refractivity contribution in [2.75, 3.05) is 13.7 Å². The molecule has 0 saturated carbocycles. The SMILES string of the molecule is CCCCc1nc([S+]([O-])c2ccccc2)c(C(=O)OCC)n1Cc1ccc(-c2ccccc2C(=O)OC)cc1. The molecule has 0 N–H and O–H groups in total. The van der Waals surface area contributed by atoms with Crippen molar-refractivity contribution < 1.29 is 23.6 Å². The number of nitrogens with zero attached hydrogens (tertiary/aromatic N) is 2. The Morgan fingerprint density at radius 3 is 2.28 bits per heavy atom. The van der Waals surface area contributed by atoms with Gasteiger partial charge in [-0.2, -0.15) is 4.98 Å². The van der Waals surface area contributed by atoms with Gasteiger partial charge in [-0.1, -0.05) is 74.0 Å². The Kier molecular flexibility index (Phi) is 9.57. The van der Waals surface area contributed by atoms with E-state index in [0.717, 1.165) is 29.5 Å². The lowest BCUT2D eigenvalue weighted by molar-refractivity contribution is 0.0508. The molecule has 0 fully saturated rings. The number of aryl methyl sites for hydroxylation is 1. The van der Waals surface area contributed by atoms with Crippen molar-refractivity contribution in [1.82, 2.24) is 9.55 Å². The molecule has 8 heteroatoms. The second kappa shape index (κ2) is 13.3. The largest absolute Gasteiger partial charge is 0.605 e. The van der Waals surface area contributed by atoms with Crippen molar-refractivity contribution in [3.8, 4) is 11.1 Å². The molecule has 0 saturated heterocycles. The predicted octanol–water partition coefficient (Wildman–Crippen LogP) is 6.07. The summed E-state index contributed by atoms with van der Waals surface area (Å²) in [6, 6.07) is 24.1. The third-order valence-electron chi connectivity index (χ3n) is 6.31. The Labute approximate surface area is 232 Å². The van der Waals surface area contributed by atoms with Gasteiger partial charge in [-0.3, -0.25) is 0 Å². The molecule has 39 heavy (non-hydrogen) atoms. The second-order valence-electron chi connectivity index (χ2n) is 8.91. The zero-order valence-corrected chi connectivity index (χ0v) is 23.2. The van der Waals surface area contributed by atoms with Gasteiger partial charge >= 0.3 is 11.9 Å². The molecule has 0 radical (unpaired) electrons. The van der Waals surface area contributed by atoms with Gasteiger partial charge in [0.05, 0.1) is 19.3 Å². The van der Waals surface area contributed by atoms with Gasteiger partial charge in [-0.05, 0) is 48.2 Å². The van der Waals surface area contributed by atoms with Crippen molar-refractivity contribution in [3.63, 3.8) is 0 Å². The monoisotopic (exact) mass is 544 g/mol. The molecular formula is C31H32N2O5S. The highest BCUT2D eigenvalue weighted by molar-refractivity contribution is 7.91. The van der Waals surface area contributed by atoms with E-state index in [-0.39, 0.29) is 17.3 Å². The summed E-state index contributed by atoms with van der Waals surface area (Å²) >= 11 is -1.65. The molecule has 4 rings (SSSR count). The Hall–Kier alpha value is -3.88. The van der Waals surface area contributed by atoms with Gasteiger partial charge in [-0.25, -0.2) is 9.59 Å². The van der Waals surface area contributed by atoms with Crippen molar-refractivity contribution in [3.05, 3.63) is 102 Å². The van der Waals surface area contributed by atoms with E-state index in [2.05, 4.69) is 6.92 Å². The minimum atomic E-state index is -1.65. The van der Waals surface area contributed by atoms with Gasteiger partial charge in [0.2, 0.25) is 5.69 Å². The van der Waals surface area contributed by atoms with Crippen LogP contribution >= 0.6 is 0 Å². The summed E-state index contributed by atoms with van der Waals surface area (Å²) in [5.41, 5.74) is 3.27. The first-order chi connectivity index (χ1) is 19.0. The number of hydrogen-bond donors (Lipinski definition) is 0. The number of esters is 2. The molecule has 1 atom stereocenters. The standard InChI is InChI=1S/C31H32N2O5S/c1-4-6-16-27-32-29(39(36)24-12-8-7-9-13-24)28(31(35)38-5-2)33(27)21-22-17-19-23(20-18-22)25-14-10-11-15-26(25)30(34)37-3/h7-15,17-20H,4-6,16,21H2,1-3H3. The van der Waals surface area contributed by atoms with Crippen LogP contribution in [0.4, 0.5) is 0 Å². The van der Waals surface area contributed by atoms with Crippen molar-refractivity contribution in [1.29, 1.82) is 0 Å². The number of methoxy groups -OCH3 is 1. The van der Waals surface area contributed by atoms with Crippen LogP contribution in [0.25, 0.3) is 11.1 Å². The van der Waals surface area contributed by atoms with E-state index >= 15 is 0 Å². The third kappa shape index (κ3) is 6.41. The third-order valence-corrected chi connectivity index (χ3v) is 7.64. The second-order valence-corrected chi connectivity index (χ2v) is 10.3. The normalized spacial score (nSPS) is 11.7. The minimum Gasteiger partial charge on any atom is -0.605 e. The van der Waals surface area contributed by atoms with Crippen molar-refractivity contribution in [2.45, 2.75) is 49.6 Å². The van der Waals surface area contributed by atoms with E-state index < -0.39 is 23.1 Å². The summed E-state index contributed by atoms with van der Waals surface area (Å²) in [7, 11) is 1.36. The first-order valence-electron chi connectivity index (χ1n) is 13.0. The summed E-state index contributed by atoms with van der Waals surface area (Å²) in [4.78, 5) is 30.8. The quantitative estimate of drug-likeness (QED) is 0.168. The van der Waals surface area contributed by atoms with Crippen molar-refractivity contribution in [2.24, 2.45) is 0 Å². The number of hydrogen-bond acceptors (Lipinski definition) is 6. The van der Waals surface area contributed by atoms with E-state index in [1.54, 1.807) is 31.2 Å². The van der Waals surface area contributed by atoms with Gasteiger partial charge in [0.25, 0.3) is 5.03 Å². The molecule has 0 amide bonds. The van der Waals surface area contributed by atoms with Crippen LogP contribution in [0.15, 0.2) is 88.8 Å². The Morgan fingerprint density at radius 1 is 0.923 bits per heavy atom. The molecule has 4 aromatic rings. The maximum atomic E-state index is 13.6. The van der Waals surface area contributed by atoms with Gasteiger partial charge in [0.15, 0.2) is 4.90 Å². The zero-order chi connectivity index (χ0) is 27.8. The van der Waals surface area contributed by atoms with E-state index in [1.165, 1.54) is 7.11 Å². The highest BCUT2D eigenvalue weighted by Gasteiger charge is 2.33. The number of unbranched alkanes of at least 4 members (excludes halogenated alkanes) is 1. The van der Waals surface area contributed by atoms with Crippen LogP contribution < -0.4 is 0 Å². The molecule has 1 heterocycles. The zero-order valence-electron chi connectivity index (χ0n) is 22.4. The number of carbonyl (C=O) groups is 2. The summed E-state index contributed by atoms with van der Waals surface area (Å²) in [6.45, 7) is 4.38. The number of rotatable bonds is 11. The Balaban J connectivity index is 1.74. The van der Waals surface area contributed by atoms with E-state index in [1.807, 2.05) is 59.2 Å². The molecular weight excluding hydrogens is 512 g/mol. The first-order valence-corrected chi connectivity index (χ1v) is 14.1. The molecule has 1 unspecified atom stereocenters. The summed E-state index contributed by atoms with van der Waals surface area (Å²) < 4.78 is 25.7. The molecule has 7 nitrogen and oxygen atoms in total. The average Bonchev–Trinajstić information content (AvgIpc) is 3.34. The summed E-state index contributed by atoms with van der Waals surface area (Å²) in [6.07, 6.45) is 2.46. The molecule has 0 aliphatic carbocycles. The van der Waals surface area contributed by atoms with E-state index in [9.17, 15) is 14.1 Å². The number of imidazole rings is 1. The van der Waals surface area contributed by atoms with Crippen LogP contribution in [0, 0.1) is 0 Å². The fourth-order valence-corrected chi connectivity index (χ4v) is 5.53. The molecule has 3 aromatic carbocycles. The molecule has 1 aromatic heterocycles. The average molecular weight is 545 g/mol. The van der Waals surface area contributed by atoms with E-state index in [4.69, 9.17) is 14.5 Å². The molecule has 202 valence electrons. The lowest BCUT2D eigenvalue weighted by Crippen LogP contribution is -2.18. The summed E-state index contributed by atoms with van der Waals surface area (Å²) in [5.74, 6) is -0.248. The maximum absolute atomic E-state index is 13.6. The van der Waals surface area contributed by atoms with Crippen LogP contribution in [0.1, 0.15) is 58.9 Å². The van der Waals surface area contributed by atoms with Crippen LogP contribution in [-0.4, -0.2) is 39.8 Å². The van der Waals surface area contributed by atoms with Gasteiger partial charge in [0, 0.05) is 24.1 Å². The number of aromatic nitrogens is 2. The number of benzene rings is 3. The lowest BCUT2D eigenvalue weighted by Gasteiger charge is -2.13. The lowest BCUT2D eigenvalue weighted by atomic mass is 9.98. The molecule has 0 aliphatic heterocycles. The van der Waals surface area contributed by atoms with Crippen LogP contribution in [0.3, 0.4) is 0 Å². The van der Waals surface area contributed by atoms with E-state index in [0.29, 0.717) is 29.2 Å². The summed E-state index contributed by atoms with van der Waals surface area (Å²) in [5, 5.41) is 0.217. The van der Waals surface area contributed by atoms with Crippen LogP contribution in [-0.2, 0) is 33.6 Å².